The van der Waals surface area contributed by atoms with Crippen molar-refractivity contribution in [3.05, 3.63) is 59.0 Å². The van der Waals surface area contributed by atoms with Crippen LogP contribution in [-0.2, 0) is 13.6 Å². The summed E-state index contributed by atoms with van der Waals surface area (Å²) in [5.74, 6) is -0.212. The molecule has 6 nitrogen and oxygen atoms in total. The highest BCUT2D eigenvalue weighted by Crippen LogP contribution is 2.20. The molecule has 3 rings (SSSR count). The summed E-state index contributed by atoms with van der Waals surface area (Å²) in [5, 5.41) is 14.4. The van der Waals surface area contributed by atoms with Gasteiger partial charge < -0.3 is 5.32 Å². The van der Waals surface area contributed by atoms with Crippen LogP contribution in [0.1, 0.15) is 16.1 Å². The topological polar surface area (TPSA) is 75.6 Å². The predicted molar refractivity (Wildman–Crippen MR) is 83.4 cm³/mol. The van der Waals surface area contributed by atoms with Crippen molar-refractivity contribution in [2.75, 3.05) is 0 Å². The van der Waals surface area contributed by atoms with Crippen molar-refractivity contribution in [1.29, 1.82) is 0 Å². The van der Waals surface area contributed by atoms with E-state index < -0.39 is 0 Å². The number of hydrogen-bond donors (Lipinski definition) is 2. The number of nitrogens with zero attached hydrogens (tertiary/aromatic N) is 3. The lowest BCUT2D eigenvalue weighted by Crippen LogP contribution is -2.22. The number of carbonyl (C=O) groups excluding carboxylic acids is 1. The number of hydrogen-bond acceptors (Lipinski definition) is 3. The van der Waals surface area contributed by atoms with Crippen LogP contribution in [0.15, 0.2) is 42.7 Å². The molecule has 7 heteroatoms. The van der Waals surface area contributed by atoms with Crippen molar-refractivity contribution in [1.82, 2.24) is 25.3 Å². The third kappa shape index (κ3) is 3.17. The highest BCUT2D eigenvalue weighted by molar-refractivity contribution is 6.30. The largest absolute Gasteiger partial charge is 0.347 e. The van der Waals surface area contributed by atoms with Gasteiger partial charge in [0.15, 0.2) is 0 Å². The fourth-order valence-electron chi connectivity index (χ4n) is 2.05. The quantitative estimate of drug-likeness (QED) is 0.776. The first-order valence-corrected chi connectivity index (χ1v) is 7.07. The minimum absolute atomic E-state index is 0.212. The lowest BCUT2D eigenvalue weighted by molar-refractivity contribution is 0.0946. The Kier molecular flexibility index (Phi) is 3.93. The number of benzene rings is 1. The van der Waals surface area contributed by atoms with Crippen LogP contribution >= 0.6 is 11.6 Å². The molecule has 0 radical (unpaired) electrons. The molecule has 0 unspecified atom stereocenters. The Bertz CT molecular complexity index is 790. The molecular weight excluding hydrogens is 302 g/mol. The number of amides is 1. The van der Waals surface area contributed by atoms with Crippen molar-refractivity contribution >= 4 is 17.5 Å². The molecule has 3 aromatic rings. The molecule has 0 aliphatic rings. The molecule has 1 aromatic carbocycles. The average Bonchev–Trinajstić information content (AvgIpc) is 3.15. The van der Waals surface area contributed by atoms with Crippen molar-refractivity contribution in [2.45, 2.75) is 6.54 Å². The molecule has 0 atom stereocenters. The molecule has 112 valence electrons. The Morgan fingerprint density at radius 1 is 1.36 bits per heavy atom. The van der Waals surface area contributed by atoms with Crippen LogP contribution in [0.25, 0.3) is 11.3 Å². The van der Waals surface area contributed by atoms with Crippen LogP contribution in [0.4, 0.5) is 0 Å². The molecule has 2 aromatic heterocycles. The monoisotopic (exact) mass is 315 g/mol. The van der Waals surface area contributed by atoms with Crippen LogP contribution < -0.4 is 5.32 Å². The molecule has 0 spiro atoms. The third-order valence-corrected chi connectivity index (χ3v) is 3.43. The molecule has 0 saturated heterocycles. The van der Waals surface area contributed by atoms with Gasteiger partial charge in [0.1, 0.15) is 5.69 Å². The highest BCUT2D eigenvalue weighted by atomic mass is 35.5. The van der Waals surface area contributed by atoms with Crippen molar-refractivity contribution in [3.8, 4) is 11.3 Å². The maximum Gasteiger partial charge on any atom is 0.269 e. The van der Waals surface area contributed by atoms with Gasteiger partial charge in [-0.25, -0.2) is 0 Å². The molecule has 0 aliphatic heterocycles. The van der Waals surface area contributed by atoms with Gasteiger partial charge in [-0.2, -0.15) is 10.2 Å². The van der Waals surface area contributed by atoms with Gasteiger partial charge >= 0.3 is 0 Å². The minimum atomic E-state index is -0.212. The summed E-state index contributed by atoms with van der Waals surface area (Å²) in [6.45, 7) is 0.419. The van der Waals surface area contributed by atoms with Crippen LogP contribution in [-0.4, -0.2) is 25.9 Å². The summed E-state index contributed by atoms with van der Waals surface area (Å²) in [4.78, 5) is 12.1. The van der Waals surface area contributed by atoms with Gasteiger partial charge in [-0.15, -0.1) is 0 Å². The number of aryl methyl sites for hydroxylation is 1. The summed E-state index contributed by atoms with van der Waals surface area (Å²) in [5.41, 5.74) is 2.94. The van der Waals surface area contributed by atoms with E-state index in [0.29, 0.717) is 23.0 Å². The molecule has 0 bridgehead atoms. The Hall–Kier alpha value is -2.60. The van der Waals surface area contributed by atoms with Crippen LogP contribution in [0.3, 0.4) is 0 Å². The summed E-state index contributed by atoms with van der Waals surface area (Å²) < 4.78 is 1.69. The van der Waals surface area contributed by atoms with E-state index in [1.165, 1.54) is 0 Å². The molecule has 0 aliphatic carbocycles. The summed E-state index contributed by atoms with van der Waals surface area (Å²) in [6, 6.07) is 8.99. The Labute approximate surface area is 132 Å². The van der Waals surface area contributed by atoms with Crippen LogP contribution in [0.5, 0.6) is 0 Å². The average molecular weight is 316 g/mol. The van der Waals surface area contributed by atoms with Gasteiger partial charge in [-0.05, 0) is 18.2 Å². The predicted octanol–water partition coefficient (Wildman–Crippen LogP) is 2.39. The first-order chi connectivity index (χ1) is 10.6. The lowest BCUT2D eigenvalue weighted by atomic mass is 10.1. The smallest absolute Gasteiger partial charge is 0.269 e. The minimum Gasteiger partial charge on any atom is -0.347 e. The summed E-state index contributed by atoms with van der Waals surface area (Å²) >= 11 is 5.86. The zero-order valence-electron chi connectivity index (χ0n) is 11.9. The van der Waals surface area contributed by atoms with E-state index in [-0.39, 0.29) is 5.91 Å². The molecular formula is C15H14ClN5O. The van der Waals surface area contributed by atoms with Gasteiger partial charge in [-0.1, -0.05) is 23.7 Å². The number of rotatable bonds is 4. The summed E-state index contributed by atoms with van der Waals surface area (Å²) in [7, 11) is 1.83. The number of nitrogens with one attached hydrogen (secondary N) is 2. The zero-order chi connectivity index (χ0) is 15.5. The second kappa shape index (κ2) is 6.03. The standard InChI is InChI=1S/C15H14ClN5O/c1-21-9-10(8-18-21)7-17-15(22)14-6-13(19-20-14)11-2-4-12(16)5-3-11/h2-6,8-9H,7H2,1H3,(H,17,22)(H,19,20). The molecule has 2 heterocycles. The number of H-pyrrole nitrogens is 1. The number of aromatic amines is 1. The lowest BCUT2D eigenvalue weighted by Gasteiger charge is -2.00. The van der Waals surface area contributed by atoms with Gasteiger partial charge in [0, 0.05) is 35.9 Å². The number of halogens is 1. The van der Waals surface area contributed by atoms with Crippen LogP contribution in [0, 0.1) is 0 Å². The van der Waals surface area contributed by atoms with E-state index in [9.17, 15) is 4.79 Å². The Morgan fingerprint density at radius 3 is 2.82 bits per heavy atom. The van der Waals surface area contributed by atoms with E-state index in [0.717, 1.165) is 11.1 Å². The fourth-order valence-corrected chi connectivity index (χ4v) is 2.17. The molecule has 1 amide bonds. The van der Waals surface area contributed by atoms with Gasteiger partial charge in [0.25, 0.3) is 5.91 Å². The fraction of sp³-hybridized carbons (Fsp3) is 0.133. The number of aromatic nitrogens is 4. The molecule has 2 N–H and O–H groups in total. The van der Waals surface area contributed by atoms with E-state index in [1.54, 1.807) is 29.1 Å². The number of carbonyl (C=O) groups is 1. The van der Waals surface area contributed by atoms with Crippen molar-refractivity contribution in [2.24, 2.45) is 7.05 Å². The molecule has 0 saturated carbocycles. The zero-order valence-corrected chi connectivity index (χ0v) is 12.6. The maximum atomic E-state index is 12.1. The van der Waals surface area contributed by atoms with E-state index in [1.807, 2.05) is 25.4 Å². The van der Waals surface area contributed by atoms with E-state index in [4.69, 9.17) is 11.6 Å². The van der Waals surface area contributed by atoms with E-state index in [2.05, 4.69) is 20.6 Å². The third-order valence-electron chi connectivity index (χ3n) is 3.17. The maximum absolute atomic E-state index is 12.1. The normalized spacial score (nSPS) is 10.6. The Balaban J connectivity index is 1.67. The second-order valence-electron chi connectivity index (χ2n) is 4.88. The SMILES string of the molecule is Cn1cc(CNC(=O)c2cc(-c3ccc(Cl)cc3)n[nH]2)cn1. The van der Waals surface area contributed by atoms with E-state index >= 15 is 0 Å². The van der Waals surface area contributed by atoms with Gasteiger partial charge in [-0.3, -0.25) is 14.6 Å². The van der Waals surface area contributed by atoms with Gasteiger partial charge in [0.2, 0.25) is 0 Å². The van der Waals surface area contributed by atoms with Gasteiger partial charge in [0.05, 0.1) is 11.9 Å². The molecule has 22 heavy (non-hydrogen) atoms. The van der Waals surface area contributed by atoms with Crippen LogP contribution in [0.2, 0.25) is 5.02 Å². The first-order valence-electron chi connectivity index (χ1n) is 6.69. The van der Waals surface area contributed by atoms with Crippen molar-refractivity contribution in [3.63, 3.8) is 0 Å². The second-order valence-corrected chi connectivity index (χ2v) is 5.32. The summed E-state index contributed by atoms with van der Waals surface area (Å²) in [6.07, 6.45) is 3.57. The van der Waals surface area contributed by atoms with Crippen molar-refractivity contribution < 1.29 is 4.79 Å². The molecule has 0 fully saturated rings. The first kappa shape index (κ1) is 14.3. The highest BCUT2D eigenvalue weighted by Gasteiger charge is 2.11. The Morgan fingerprint density at radius 2 is 2.14 bits per heavy atom.